The highest BCUT2D eigenvalue weighted by molar-refractivity contribution is 6.16. The molecule has 4 rings (SSSR count). The fourth-order valence-electron chi connectivity index (χ4n) is 3.12. The Balaban J connectivity index is 1.84. The molecule has 0 saturated heterocycles. The number of rotatable bonds is 1. The smallest absolute Gasteiger partial charge is 0.232 e. The van der Waals surface area contributed by atoms with Crippen LogP contribution in [-0.4, -0.2) is 15.5 Å². The van der Waals surface area contributed by atoms with Crippen LogP contribution < -0.4 is 4.74 Å². The van der Waals surface area contributed by atoms with Crippen LogP contribution in [-0.2, 0) is 7.05 Å². The largest absolute Gasteiger partial charge is 0.508 e. The van der Waals surface area contributed by atoms with Crippen LogP contribution in [0.15, 0.2) is 48.4 Å². The van der Waals surface area contributed by atoms with Crippen LogP contribution in [0.4, 0.5) is 0 Å². The topological polar surface area (TPSA) is 51.5 Å². The summed E-state index contributed by atoms with van der Waals surface area (Å²) in [5.41, 5.74) is 3.26. The maximum absolute atomic E-state index is 12.6. The van der Waals surface area contributed by atoms with Gasteiger partial charge in [-0.05, 0) is 30.7 Å². The predicted molar refractivity (Wildman–Crippen MR) is 88.7 cm³/mol. The summed E-state index contributed by atoms with van der Waals surface area (Å²) < 4.78 is 7.70. The molecule has 0 bridgehead atoms. The third-order valence-corrected chi connectivity index (χ3v) is 4.17. The second-order valence-electron chi connectivity index (χ2n) is 5.79. The number of ether oxygens (including phenoxy) is 1. The molecule has 0 saturated carbocycles. The number of phenolic OH excluding ortho intramolecular Hbond substituents is 1. The van der Waals surface area contributed by atoms with E-state index in [1.165, 1.54) is 6.07 Å². The number of hydrogen-bond donors (Lipinski definition) is 1. The van der Waals surface area contributed by atoms with E-state index >= 15 is 0 Å². The zero-order valence-electron chi connectivity index (χ0n) is 12.8. The number of carbonyl (C=O) groups excluding carboxylic acids is 1. The van der Waals surface area contributed by atoms with Gasteiger partial charge < -0.3 is 14.4 Å². The Labute approximate surface area is 133 Å². The van der Waals surface area contributed by atoms with E-state index in [0.717, 1.165) is 16.5 Å². The standard InChI is InChI=1S/C19H15NO3/c1-11-7-13(21)9-16-18(11)19(22)17(23-16)8-12-10-20(2)15-6-4-3-5-14(12)15/h3-10,21H,1-2H3/b17-8-. The summed E-state index contributed by atoms with van der Waals surface area (Å²) in [6, 6.07) is 11.1. The van der Waals surface area contributed by atoms with Gasteiger partial charge in [-0.2, -0.15) is 0 Å². The first-order valence-corrected chi connectivity index (χ1v) is 7.36. The van der Waals surface area contributed by atoms with Gasteiger partial charge in [0.1, 0.15) is 11.5 Å². The summed E-state index contributed by atoms with van der Waals surface area (Å²) in [7, 11) is 1.97. The molecule has 1 aliphatic heterocycles. The van der Waals surface area contributed by atoms with Crippen LogP contribution in [0.2, 0.25) is 0 Å². The molecule has 0 amide bonds. The van der Waals surface area contributed by atoms with Crippen LogP contribution in [0, 0.1) is 6.92 Å². The molecule has 0 unspecified atom stereocenters. The lowest BCUT2D eigenvalue weighted by Crippen LogP contribution is -1.99. The number of hydrogen-bond acceptors (Lipinski definition) is 3. The Kier molecular flexibility index (Phi) is 2.81. The number of aryl methyl sites for hydroxylation is 2. The van der Waals surface area contributed by atoms with Crippen molar-refractivity contribution in [2.75, 3.05) is 0 Å². The number of Topliss-reactive ketones (excluding diaryl/α,β-unsaturated/α-hetero) is 1. The average Bonchev–Trinajstić information content (AvgIpc) is 2.98. The van der Waals surface area contributed by atoms with Gasteiger partial charge in [-0.15, -0.1) is 0 Å². The second kappa shape index (κ2) is 4.74. The highest BCUT2D eigenvalue weighted by Crippen LogP contribution is 2.37. The molecule has 1 aromatic heterocycles. The number of fused-ring (bicyclic) bond motifs is 2. The lowest BCUT2D eigenvalue weighted by Gasteiger charge is -2.00. The van der Waals surface area contributed by atoms with E-state index < -0.39 is 0 Å². The third kappa shape index (κ3) is 2.03. The molecule has 4 heteroatoms. The number of nitrogens with zero attached hydrogens (tertiary/aromatic N) is 1. The van der Waals surface area contributed by atoms with Crippen LogP contribution >= 0.6 is 0 Å². The maximum atomic E-state index is 12.6. The fraction of sp³-hybridized carbons (Fsp3) is 0.105. The molecular formula is C19H15NO3. The molecule has 1 aliphatic rings. The van der Waals surface area contributed by atoms with Gasteiger partial charge >= 0.3 is 0 Å². The first kappa shape index (κ1) is 13.6. The maximum Gasteiger partial charge on any atom is 0.232 e. The summed E-state index contributed by atoms with van der Waals surface area (Å²) in [6.45, 7) is 1.79. The van der Waals surface area contributed by atoms with Crippen molar-refractivity contribution in [2.24, 2.45) is 7.05 Å². The van der Waals surface area contributed by atoms with Gasteiger partial charge in [-0.25, -0.2) is 0 Å². The van der Waals surface area contributed by atoms with Crippen LogP contribution in [0.1, 0.15) is 21.5 Å². The monoisotopic (exact) mass is 305 g/mol. The molecule has 23 heavy (non-hydrogen) atoms. The Morgan fingerprint density at radius 3 is 2.83 bits per heavy atom. The lowest BCUT2D eigenvalue weighted by molar-refractivity contribution is 0.101. The van der Waals surface area contributed by atoms with Crippen molar-refractivity contribution < 1.29 is 14.6 Å². The number of para-hydroxylation sites is 1. The molecule has 2 aromatic carbocycles. The molecule has 0 radical (unpaired) electrons. The summed E-state index contributed by atoms with van der Waals surface area (Å²) >= 11 is 0. The Morgan fingerprint density at radius 2 is 2.00 bits per heavy atom. The Hall–Kier alpha value is -3.01. The van der Waals surface area contributed by atoms with Gasteiger partial charge in [0.15, 0.2) is 5.76 Å². The van der Waals surface area contributed by atoms with Crippen molar-refractivity contribution in [3.05, 3.63) is 65.0 Å². The van der Waals surface area contributed by atoms with Crippen LogP contribution in [0.3, 0.4) is 0 Å². The molecule has 0 fully saturated rings. The number of aromatic nitrogens is 1. The van der Waals surface area contributed by atoms with Crippen molar-refractivity contribution in [2.45, 2.75) is 6.92 Å². The van der Waals surface area contributed by atoms with E-state index in [1.807, 2.05) is 42.1 Å². The molecule has 0 aliphatic carbocycles. The van der Waals surface area contributed by atoms with Gasteiger partial charge in [0, 0.05) is 35.8 Å². The minimum atomic E-state index is -0.148. The van der Waals surface area contributed by atoms with Crippen LogP contribution in [0.5, 0.6) is 11.5 Å². The van der Waals surface area contributed by atoms with Crippen molar-refractivity contribution in [1.82, 2.24) is 4.57 Å². The van der Waals surface area contributed by atoms with Gasteiger partial charge in [0.2, 0.25) is 5.78 Å². The van der Waals surface area contributed by atoms with E-state index in [4.69, 9.17) is 4.74 Å². The van der Waals surface area contributed by atoms with Crippen molar-refractivity contribution in [3.63, 3.8) is 0 Å². The molecule has 2 heterocycles. The molecule has 4 nitrogen and oxygen atoms in total. The lowest BCUT2D eigenvalue weighted by atomic mass is 10.0. The van der Waals surface area contributed by atoms with Gasteiger partial charge in [0.05, 0.1) is 5.56 Å². The van der Waals surface area contributed by atoms with Gasteiger partial charge in [0.25, 0.3) is 0 Å². The van der Waals surface area contributed by atoms with E-state index in [0.29, 0.717) is 16.9 Å². The highest BCUT2D eigenvalue weighted by atomic mass is 16.5. The van der Waals surface area contributed by atoms with E-state index in [-0.39, 0.29) is 17.3 Å². The highest BCUT2D eigenvalue weighted by Gasteiger charge is 2.30. The molecule has 1 N–H and O–H groups in total. The number of benzene rings is 2. The predicted octanol–water partition coefficient (Wildman–Crippen LogP) is 3.81. The number of aromatic hydroxyl groups is 1. The van der Waals surface area contributed by atoms with E-state index in [9.17, 15) is 9.90 Å². The minimum absolute atomic E-state index is 0.0976. The minimum Gasteiger partial charge on any atom is -0.508 e. The summed E-state index contributed by atoms with van der Waals surface area (Å²) in [4.78, 5) is 12.6. The first-order chi connectivity index (χ1) is 11.0. The van der Waals surface area contributed by atoms with Gasteiger partial charge in [-0.1, -0.05) is 18.2 Å². The van der Waals surface area contributed by atoms with Crippen LogP contribution in [0.25, 0.3) is 17.0 Å². The van der Waals surface area contributed by atoms with E-state index in [2.05, 4.69) is 0 Å². The van der Waals surface area contributed by atoms with E-state index in [1.54, 1.807) is 19.1 Å². The fourth-order valence-corrected chi connectivity index (χ4v) is 3.12. The normalized spacial score (nSPS) is 15.2. The van der Waals surface area contributed by atoms with Crippen molar-refractivity contribution >= 4 is 22.8 Å². The zero-order chi connectivity index (χ0) is 16.1. The molecule has 0 atom stereocenters. The average molecular weight is 305 g/mol. The third-order valence-electron chi connectivity index (χ3n) is 4.17. The SMILES string of the molecule is Cc1cc(O)cc2c1C(=O)/C(=C/c1cn(C)c3ccccc13)O2. The number of allylic oxidation sites excluding steroid dienone is 1. The molecular weight excluding hydrogens is 290 g/mol. The van der Waals surface area contributed by atoms with Crippen molar-refractivity contribution in [1.29, 1.82) is 0 Å². The Bertz CT molecular complexity index is 995. The summed E-state index contributed by atoms with van der Waals surface area (Å²) in [5, 5.41) is 10.7. The molecule has 114 valence electrons. The number of phenols is 1. The first-order valence-electron chi connectivity index (χ1n) is 7.36. The summed E-state index contributed by atoms with van der Waals surface area (Å²) in [6.07, 6.45) is 3.74. The van der Waals surface area contributed by atoms with Gasteiger partial charge in [-0.3, -0.25) is 4.79 Å². The number of carbonyl (C=O) groups is 1. The molecule has 0 spiro atoms. The zero-order valence-corrected chi connectivity index (χ0v) is 12.8. The summed E-state index contributed by atoms with van der Waals surface area (Å²) in [5.74, 6) is 0.648. The number of ketones is 1. The van der Waals surface area contributed by atoms with Crippen molar-refractivity contribution in [3.8, 4) is 11.5 Å². The molecule has 3 aromatic rings. The Morgan fingerprint density at radius 1 is 1.22 bits per heavy atom. The second-order valence-corrected chi connectivity index (χ2v) is 5.79. The quantitative estimate of drug-likeness (QED) is 0.696.